The first-order valence-corrected chi connectivity index (χ1v) is 4.81. The van der Waals surface area contributed by atoms with E-state index in [1.54, 1.807) is 0 Å². The van der Waals surface area contributed by atoms with Crippen LogP contribution >= 0.6 is 0 Å². The van der Waals surface area contributed by atoms with Gasteiger partial charge in [-0.25, -0.2) is 0 Å². The highest BCUT2D eigenvalue weighted by atomic mass is 14.2. The molecule has 1 aromatic carbocycles. The Morgan fingerprint density at radius 2 is 2.14 bits per heavy atom. The van der Waals surface area contributed by atoms with Crippen molar-refractivity contribution >= 4 is 0 Å². The van der Waals surface area contributed by atoms with Gasteiger partial charge in [-0.1, -0.05) is 25.3 Å². The van der Waals surface area contributed by atoms with Crippen molar-refractivity contribution < 1.29 is 0 Å². The summed E-state index contributed by atoms with van der Waals surface area (Å²) >= 11 is 0. The van der Waals surface area contributed by atoms with E-state index in [4.69, 9.17) is 11.7 Å². The second-order valence-corrected chi connectivity index (χ2v) is 3.24. The molecule has 0 aliphatic rings. The fraction of sp³-hybridized carbons (Fsp3) is 0.308. The predicted octanol–water partition coefficient (Wildman–Crippen LogP) is 2.88. The standard InChI is InChI=1S/C13H13N/c1-3-5-6-11-7-8-12(4-2)13(9-11)10-14/h2,7-9H,3,5-6H2,1H3. The van der Waals surface area contributed by atoms with Crippen LogP contribution in [-0.2, 0) is 6.42 Å². The van der Waals surface area contributed by atoms with E-state index in [0.29, 0.717) is 11.1 Å². The lowest BCUT2D eigenvalue weighted by atomic mass is 10.0. The molecule has 1 heteroatoms. The number of unbranched alkanes of at least 4 members (excludes halogenated alkanes) is 1. The van der Waals surface area contributed by atoms with Crippen LogP contribution < -0.4 is 0 Å². The van der Waals surface area contributed by atoms with E-state index in [1.807, 2.05) is 18.2 Å². The molecule has 0 aromatic heterocycles. The maximum Gasteiger partial charge on any atom is 0.100 e. The Morgan fingerprint density at radius 3 is 2.71 bits per heavy atom. The minimum atomic E-state index is 0.612. The molecule has 0 spiro atoms. The van der Waals surface area contributed by atoms with Gasteiger partial charge in [-0.2, -0.15) is 5.26 Å². The van der Waals surface area contributed by atoms with Gasteiger partial charge in [0.1, 0.15) is 6.07 Å². The third-order valence-electron chi connectivity index (χ3n) is 2.18. The first-order valence-electron chi connectivity index (χ1n) is 4.81. The molecule has 14 heavy (non-hydrogen) atoms. The average Bonchev–Trinajstić information content (AvgIpc) is 2.25. The number of hydrogen-bond donors (Lipinski definition) is 0. The van der Waals surface area contributed by atoms with Gasteiger partial charge >= 0.3 is 0 Å². The number of nitriles is 1. The predicted molar refractivity (Wildman–Crippen MR) is 57.7 cm³/mol. The topological polar surface area (TPSA) is 23.8 Å². The first kappa shape index (κ1) is 10.4. The minimum absolute atomic E-state index is 0.612. The van der Waals surface area contributed by atoms with Gasteiger partial charge in [-0.15, -0.1) is 6.42 Å². The summed E-state index contributed by atoms with van der Waals surface area (Å²) in [5.41, 5.74) is 2.50. The quantitative estimate of drug-likeness (QED) is 0.661. The van der Waals surface area contributed by atoms with Crippen LogP contribution in [0.3, 0.4) is 0 Å². The molecule has 0 amide bonds. The number of terminal acetylenes is 1. The highest BCUT2D eigenvalue weighted by molar-refractivity contribution is 5.48. The van der Waals surface area contributed by atoms with Crippen molar-refractivity contribution in [2.75, 3.05) is 0 Å². The summed E-state index contributed by atoms with van der Waals surface area (Å²) in [5, 5.41) is 8.85. The highest BCUT2D eigenvalue weighted by Gasteiger charge is 2.00. The number of hydrogen-bond acceptors (Lipinski definition) is 1. The summed E-state index contributed by atoms with van der Waals surface area (Å²) in [5.74, 6) is 2.51. The maximum atomic E-state index is 8.85. The fourth-order valence-corrected chi connectivity index (χ4v) is 1.35. The van der Waals surface area contributed by atoms with Crippen LogP contribution in [-0.4, -0.2) is 0 Å². The zero-order valence-corrected chi connectivity index (χ0v) is 8.38. The molecule has 0 aliphatic heterocycles. The van der Waals surface area contributed by atoms with Gasteiger partial charge in [0.25, 0.3) is 0 Å². The Bertz CT molecular complexity index is 391. The van der Waals surface area contributed by atoms with Crippen LogP contribution in [0.2, 0.25) is 0 Å². The lowest BCUT2D eigenvalue weighted by Gasteiger charge is -2.01. The van der Waals surface area contributed by atoms with Crippen LogP contribution in [0.5, 0.6) is 0 Å². The Morgan fingerprint density at radius 1 is 1.36 bits per heavy atom. The van der Waals surface area contributed by atoms with E-state index >= 15 is 0 Å². The van der Waals surface area contributed by atoms with Crippen molar-refractivity contribution in [2.24, 2.45) is 0 Å². The van der Waals surface area contributed by atoms with Gasteiger partial charge in [0, 0.05) is 5.56 Å². The molecule has 1 rings (SSSR count). The van der Waals surface area contributed by atoms with E-state index in [-0.39, 0.29) is 0 Å². The second kappa shape index (κ2) is 5.10. The first-order chi connectivity index (χ1) is 6.81. The van der Waals surface area contributed by atoms with Gasteiger partial charge in [0.2, 0.25) is 0 Å². The van der Waals surface area contributed by atoms with Crippen LogP contribution in [0, 0.1) is 23.7 Å². The van der Waals surface area contributed by atoms with Crippen molar-refractivity contribution in [2.45, 2.75) is 26.2 Å². The van der Waals surface area contributed by atoms with Gasteiger partial charge in [-0.05, 0) is 30.5 Å². The van der Waals surface area contributed by atoms with Gasteiger partial charge in [-0.3, -0.25) is 0 Å². The minimum Gasteiger partial charge on any atom is -0.192 e. The summed E-state index contributed by atoms with van der Waals surface area (Å²) in [6.45, 7) is 2.15. The van der Waals surface area contributed by atoms with E-state index in [9.17, 15) is 0 Å². The third kappa shape index (κ3) is 2.38. The fourth-order valence-electron chi connectivity index (χ4n) is 1.35. The monoisotopic (exact) mass is 183 g/mol. The molecule has 0 aliphatic carbocycles. The van der Waals surface area contributed by atoms with E-state index in [0.717, 1.165) is 12.8 Å². The highest BCUT2D eigenvalue weighted by Crippen LogP contribution is 2.12. The number of benzene rings is 1. The smallest absolute Gasteiger partial charge is 0.100 e. The molecule has 1 nitrogen and oxygen atoms in total. The molecular weight excluding hydrogens is 170 g/mol. The Balaban J connectivity index is 2.93. The van der Waals surface area contributed by atoms with E-state index < -0.39 is 0 Å². The molecule has 1 aromatic rings. The summed E-state index contributed by atoms with van der Waals surface area (Å²) in [7, 11) is 0. The lowest BCUT2D eigenvalue weighted by molar-refractivity contribution is 0.795. The molecule has 0 heterocycles. The molecule has 0 bridgehead atoms. The Hall–Kier alpha value is -1.73. The summed E-state index contributed by atoms with van der Waals surface area (Å²) < 4.78 is 0. The average molecular weight is 183 g/mol. The molecule has 0 atom stereocenters. The van der Waals surface area contributed by atoms with Crippen molar-refractivity contribution in [1.82, 2.24) is 0 Å². The van der Waals surface area contributed by atoms with Gasteiger partial charge < -0.3 is 0 Å². The van der Waals surface area contributed by atoms with Crippen LogP contribution in [0.25, 0.3) is 0 Å². The van der Waals surface area contributed by atoms with Gasteiger partial charge in [0.15, 0.2) is 0 Å². The third-order valence-corrected chi connectivity index (χ3v) is 2.18. The summed E-state index contributed by atoms with van der Waals surface area (Å²) in [4.78, 5) is 0. The number of aryl methyl sites for hydroxylation is 1. The second-order valence-electron chi connectivity index (χ2n) is 3.24. The Kier molecular flexibility index (Phi) is 3.77. The van der Waals surface area contributed by atoms with Crippen LogP contribution in [0.15, 0.2) is 18.2 Å². The van der Waals surface area contributed by atoms with Crippen molar-refractivity contribution in [3.8, 4) is 18.4 Å². The molecule has 0 saturated carbocycles. The molecule has 0 unspecified atom stereocenters. The van der Waals surface area contributed by atoms with E-state index in [2.05, 4.69) is 18.9 Å². The SMILES string of the molecule is C#Cc1ccc(CCCC)cc1C#N. The van der Waals surface area contributed by atoms with E-state index in [1.165, 1.54) is 12.0 Å². The maximum absolute atomic E-state index is 8.85. The number of nitrogens with zero attached hydrogens (tertiary/aromatic N) is 1. The molecule has 0 N–H and O–H groups in total. The van der Waals surface area contributed by atoms with Crippen molar-refractivity contribution in [3.05, 3.63) is 34.9 Å². The lowest BCUT2D eigenvalue weighted by Crippen LogP contribution is -1.89. The van der Waals surface area contributed by atoms with Crippen molar-refractivity contribution in [3.63, 3.8) is 0 Å². The molecule has 0 radical (unpaired) electrons. The summed E-state index contributed by atoms with van der Waals surface area (Å²) in [6, 6.07) is 7.87. The van der Waals surface area contributed by atoms with Crippen LogP contribution in [0.1, 0.15) is 36.5 Å². The molecule has 0 saturated heterocycles. The largest absolute Gasteiger partial charge is 0.192 e. The summed E-state index contributed by atoms with van der Waals surface area (Å²) in [6.07, 6.45) is 8.62. The molecular formula is C13H13N. The van der Waals surface area contributed by atoms with Gasteiger partial charge in [0.05, 0.1) is 5.56 Å². The van der Waals surface area contributed by atoms with Crippen LogP contribution in [0.4, 0.5) is 0 Å². The zero-order chi connectivity index (χ0) is 10.4. The Labute approximate surface area is 85.4 Å². The zero-order valence-electron chi connectivity index (χ0n) is 8.38. The number of rotatable bonds is 3. The molecule has 70 valence electrons. The molecule has 0 fully saturated rings. The normalized spacial score (nSPS) is 9.07. The van der Waals surface area contributed by atoms with Crippen molar-refractivity contribution in [1.29, 1.82) is 5.26 Å².